The minimum atomic E-state index is -0.732. The number of aromatic nitrogens is 7. The SMILES string of the molecule is CCn1nc(C)cc1C(=O)/N=c1\sc2cc(C(N)=O)cc(OC)c2n1C/C=C/Cn1c(NC(=O)c2cc(C)nn2CC)nc2cc(C(N)=O)cc(OCCCNC(=O)CCOCCOCCOCCOCCOCCOCCN3C(=O)CC(S)C3=O)c21. The third kappa shape index (κ3) is 18.6. The number of ether oxygens (including phenoxy) is 8. The zero-order valence-corrected chi connectivity index (χ0v) is 51.1. The Morgan fingerprint density at radius 1 is 0.713 bits per heavy atom. The molecule has 0 saturated carbocycles. The summed E-state index contributed by atoms with van der Waals surface area (Å²) >= 11 is 5.28. The van der Waals surface area contributed by atoms with Crippen molar-refractivity contribution in [1.29, 1.82) is 0 Å². The van der Waals surface area contributed by atoms with Gasteiger partial charge in [-0.25, -0.2) is 4.98 Å². The molecule has 0 radical (unpaired) electrons. The zero-order chi connectivity index (χ0) is 62.4. The Hall–Kier alpha value is -7.84. The lowest BCUT2D eigenvalue weighted by molar-refractivity contribution is -0.139. The van der Waals surface area contributed by atoms with E-state index in [0.29, 0.717) is 134 Å². The summed E-state index contributed by atoms with van der Waals surface area (Å²) in [5, 5.41) is 14.1. The molecule has 87 heavy (non-hydrogen) atoms. The minimum absolute atomic E-state index is 0.0980. The Labute approximate surface area is 510 Å². The summed E-state index contributed by atoms with van der Waals surface area (Å²) in [6, 6.07) is 9.50. The van der Waals surface area contributed by atoms with Crippen LogP contribution in [0.15, 0.2) is 53.5 Å². The number of likely N-dealkylation sites (tertiary alicyclic amines) is 1. The fraction of sp³-hybridized carbons (Fsp3) is 0.491. The topological polar surface area (TPSA) is 343 Å². The number of anilines is 1. The molecule has 30 heteroatoms. The van der Waals surface area contributed by atoms with Crippen molar-refractivity contribution in [2.24, 2.45) is 16.5 Å². The lowest BCUT2D eigenvalue weighted by atomic mass is 10.1. The molecule has 5 heterocycles. The number of amides is 7. The number of thiazole rings is 1. The first-order valence-electron chi connectivity index (χ1n) is 28.4. The zero-order valence-electron chi connectivity index (χ0n) is 49.4. The number of nitrogens with two attached hydrogens (primary N) is 2. The van der Waals surface area contributed by atoms with E-state index in [-0.39, 0.29) is 106 Å². The van der Waals surface area contributed by atoms with Crippen molar-refractivity contribution in [2.75, 3.05) is 111 Å². The third-order valence-corrected chi connectivity index (χ3v) is 14.7. The van der Waals surface area contributed by atoms with Gasteiger partial charge in [0, 0.05) is 56.7 Å². The van der Waals surface area contributed by atoms with E-state index in [2.05, 4.69) is 38.5 Å². The molecule has 0 spiro atoms. The van der Waals surface area contributed by atoms with Crippen molar-refractivity contribution in [2.45, 2.75) is 78.4 Å². The summed E-state index contributed by atoms with van der Waals surface area (Å²) in [7, 11) is 1.46. The van der Waals surface area contributed by atoms with Crippen LogP contribution in [0.5, 0.6) is 11.5 Å². The van der Waals surface area contributed by atoms with E-state index in [1.807, 2.05) is 26.0 Å². The number of hydrogen-bond donors (Lipinski definition) is 5. The number of aryl methyl sites for hydroxylation is 4. The molecule has 1 aliphatic heterocycles. The molecule has 6 aromatic rings. The van der Waals surface area contributed by atoms with Crippen LogP contribution in [0.1, 0.15) is 86.2 Å². The lowest BCUT2D eigenvalue weighted by Gasteiger charge is -2.14. The monoisotopic (exact) mass is 1250 g/mol. The Morgan fingerprint density at radius 3 is 1.84 bits per heavy atom. The first-order valence-corrected chi connectivity index (χ1v) is 29.7. The number of fused-ring (bicyclic) bond motifs is 2. The number of carbonyl (C=O) groups excluding carboxylic acids is 7. The number of primary amides is 2. The fourth-order valence-corrected chi connectivity index (χ4v) is 10.5. The molecule has 1 fully saturated rings. The number of methoxy groups -OCH3 is 1. The van der Waals surface area contributed by atoms with Gasteiger partial charge >= 0.3 is 0 Å². The van der Waals surface area contributed by atoms with Crippen molar-refractivity contribution in [3.8, 4) is 11.5 Å². The van der Waals surface area contributed by atoms with Crippen LogP contribution in [0.2, 0.25) is 0 Å². The highest BCUT2D eigenvalue weighted by atomic mass is 32.1. The van der Waals surface area contributed by atoms with Crippen LogP contribution in [0.3, 0.4) is 0 Å². The second-order valence-corrected chi connectivity index (χ2v) is 21.2. The van der Waals surface area contributed by atoms with E-state index < -0.39 is 28.9 Å². The molecule has 6 N–H and O–H groups in total. The highest BCUT2D eigenvalue weighted by Crippen LogP contribution is 2.33. The van der Waals surface area contributed by atoms with Crippen LogP contribution in [-0.4, -0.2) is 191 Å². The Bertz CT molecular complexity index is 3500. The molecule has 1 unspecified atom stereocenters. The van der Waals surface area contributed by atoms with Crippen LogP contribution in [0.4, 0.5) is 5.95 Å². The van der Waals surface area contributed by atoms with Crippen molar-refractivity contribution in [3.63, 3.8) is 0 Å². The van der Waals surface area contributed by atoms with Crippen LogP contribution < -0.4 is 36.4 Å². The Kier molecular flexibility index (Phi) is 25.5. The Morgan fingerprint density at radius 2 is 1.26 bits per heavy atom. The van der Waals surface area contributed by atoms with E-state index in [9.17, 15) is 33.6 Å². The van der Waals surface area contributed by atoms with Gasteiger partial charge in [-0.3, -0.25) is 53.1 Å². The van der Waals surface area contributed by atoms with Crippen molar-refractivity contribution < 1.29 is 71.5 Å². The van der Waals surface area contributed by atoms with E-state index >= 15 is 0 Å². The second kappa shape index (κ2) is 33.3. The number of carbonyl (C=O) groups is 7. The number of allylic oxidation sites excluding steroid dienone is 2. The summed E-state index contributed by atoms with van der Waals surface area (Å²) in [5.41, 5.74) is 15.0. The largest absolute Gasteiger partial charge is 0.494 e. The second-order valence-electron chi connectivity index (χ2n) is 19.5. The molecule has 0 aliphatic carbocycles. The normalized spacial score (nSPS) is 13.7. The van der Waals surface area contributed by atoms with Crippen LogP contribution >= 0.6 is 24.0 Å². The molecule has 0 bridgehead atoms. The van der Waals surface area contributed by atoms with E-state index in [0.717, 1.165) is 0 Å². The minimum Gasteiger partial charge on any atom is -0.494 e. The molecule has 470 valence electrons. The quantitative estimate of drug-likeness (QED) is 0.0161. The van der Waals surface area contributed by atoms with Gasteiger partial charge in [-0.15, -0.1) is 0 Å². The van der Waals surface area contributed by atoms with Gasteiger partial charge < -0.3 is 63.8 Å². The molecule has 1 atom stereocenters. The maximum Gasteiger partial charge on any atom is 0.297 e. The van der Waals surface area contributed by atoms with Gasteiger partial charge in [0.25, 0.3) is 11.8 Å². The number of nitrogens with one attached hydrogen (secondary N) is 2. The summed E-state index contributed by atoms with van der Waals surface area (Å²) < 4.78 is 52.4. The van der Waals surface area contributed by atoms with Crippen LogP contribution in [0.25, 0.3) is 21.3 Å². The summed E-state index contributed by atoms with van der Waals surface area (Å²) in [6.45, 7) is 13.0. The average Bonchev–Trinajstić information content (AvgIpc) is 2.15. The van der Waals surface area contributed by atoms with Crippen LogP contribution in [-0.2, 0) is 69.0 Å². The van der Waals surface area contributed by atoms with Gasteiger partial charge in [0.15, 0.2) is 4.80 Å². The van der Waals surface area contributed by atoms with Gasteiger partial charge in [-0.2, -0.15) is 27.8 Å². The fourth-order valence-electron chi connectivity index (χ4n) is 9.07. The van der Waals surface area contributed by atoms with Gasteiger partial charge in [0.1, 0.15) is 33.9 Å². The smallest absolute Gasteiger partial charge is 0.297 e. The number of thiol groups is 1. The summed E-state index contributed by atoms with van der Waals surface area (Å²) in [5.74, 6) is -2.44. The van der Waals surface area contributed by atoms with Crippen molar-refractivity contribution in [3.05, 3.63) is 87.3 Å². The van der Waals surface area contributed by atoms with E-state index in [1.165, 1.54) is 41.5 Å². The number of imidazole rings is 1. The molecule has 4 aromatic heterocycles. The molecule has 2 aromatic carbocycles. The maximum absolute atomic E-state index is 13.9. The molecule has 1 aliphatic rings. The third-order valence-electron chi connectivity index (χ3n) is 13.3. The number of benzene rings is 2. The molecule has 7 amide bonds. The molecule has 7 rings (SSSR count). The maximum atomic E-state index is 13.9. The van der Waals surface area contributed by atoms with Gasteiger partial charge in [0.2, 0.25) is 35.5 Å². The highest BCUT2D eigenvalue weighted by Gasteiger charge is 2.36. The summed E-state index contributed by atoms with van der Waals surface area (Å²) in [4.78, 5) is 99.9. The van der Waals surface area contributed by atoms with E-state index in [1.54, 1.807) is 50.5 Å². The molecule has 1 saturated heterocycles. The van der Waals surface area contributed by atoms with Gasteiger partial charge in [-0.1, -0.05) is 23.5 Å². The number of imide groups is 1. The van der Waals surface area contributed by atoms with Crippen molar-refractivity contribution >= 4 is 92.5 Å². The van der Waals surface area contributed by atoms with Gasteiger partial charge in [0.05, 0.1) is 126 Å². The lowest BCUT2D eigenvalue weighted by Crippen LogP contribution is -2.34. The first kappa shape index (κ1) is 66.7. The average molecular weight is 1250 g/mol. The summed E-state index contributed by atoms with van der Waals surface area (Å²) in [6.07, 6.45) is 4.27. The molecular weight excluding hydrogens is 1170 g/mol. The van der Waals surface area contributed by atoms with Crippen LogP contribution in [0, 0.1) is 13.8 Å². The number of rotatable bonds is 38. The van der Waals surface area contributed by atoms with E-state index in [4.69, 9.17) is 54.3 Å². The molecular formula is C57H75N13O15S2. The first-order chi connectivity index (χ1) is 42.0. The predicted octanol–water partition coefficient (Wildman–Crippen LogP) is 2.99. The molecule has 28 nitrogen and oxygen atoms in total. The highest BCUT2D eigenvalue weighted by molar-refractivity contribution is 7.81. The van der Waals surface area contributed by atoms with Crippen molar-refractivity contribution in [1.82, 2.24) is 43.9 Å². The standard InChI is InChI=1S/C57H75N13O15S2/c1-6-69-41(29-36(3)64-69)53(75)62-56-61-40-31-38(51(58)73)33-44(49(40)67(56)13-8-9-14-68-50-43(78-5)32-39(52(59)74)34-46(50)87-57(68)63-54(76)42-30-37(4)65-70(42)7-2)85-16-10-12-60-47(71)11-17-79-19-21-81-23-25-83-27-28-84-26-24-82-22-20-80-18-15-66-48(72)35-45(86)55(66)77/h8-9,29-34,45,86H,6-7,10-28,35H2,1-5H3,(H2,58,73)(H2,59,74)(H,60,71)(H,61,62,75)/b9-8+,63-57-. The van der Waals surface area contributed by atoms with Gasteiger partial charge in [-0.05, 0) is 70.5 Å². The predicted molar refractivity (Wildman–Crippen MR) is 322 cm³/mol. The Balaban J connectivity index is 0.891. The number of hydrogen-bond acceptors (Lipinski definition) is 20. The number of nitrogens with zero attached hydrogens (tertiary/aromatic N) is 9.